The van der Waals surface area contributed by atoms with Crippen LogP contribution in [0.4, 0.5) is 0 Å². The number of nitrogens with zero attached hydrogens (tertiary/aromatic N) is 1. The average Bonchev–Trinajstić information content (AvgIpc) is 2.75. The molecule has 1 saturated heterocycles. The largest absolute Gasteiger partial charge is 0.337 e. The van der Waals surface area contributed by atoms with Crippen molar-refractivity contribution in [2.24, 2.45) is 0 Å². The molecule has 21 heavy (non-hydrogen) atoms. The molecule has 0 aromatic carbocycles. The van der Waals surface area contributed by atoms with Crippen molar-refractivity contribution in [1.29, 1.82) is 0 Å². The van der Waals surface area contributed by atoms with Gasteiger partial charge >= 0.3 is 0 Å². The maximum atomic E-state index is 12.1. The third kappa shape index (κ3) is 4.83. The molecule has 0 radical (unpaired) electrons. The van der Waals surface area contributed by atoms with Gasteiger partial charge in [0.1, 0.15) is 4.34 Å². The van der Waals surface area contributed by atoms with E-state index in [0.717, 1.165) is 13.1 Å². The summed E-state index contributed by atoms with van der Waals surface area (Å²) in [5.74, 6) is -0.112. The number of hydrogen-bond donors (Lipinski definition) is 1. The molecule has 0 aliphatic carbocycles. The van der Waals surface area contributed by atoms with Gasteiger partial charge in [-0.2, -0.15) is 0 Å². The molecule has 1 N–H and O–H groups in total. The second kappa shape index (κ2) is 8.34. The van der Waals surface area contributed by atoms with Crippen LogP contribution in [0.3, 0.4) is 0 Å². The van der Waals surface area contributed by atoms with Gasteiger partial charge < -0.3 is 10.2 Å². The number of thiophene rings is 1. The molecule has 4 nitrogen and oxygen atoms in total. The van der Waals surface area contributed by atoms with Crippen LogP contribution in [0.15, 0.2) is 6.07 Å². The van der Waals surface area contributed by atoms with Crippen LogP contribution in [0.5, 0.6) is 0 Å². The Morgan fingerprint density at radius 2 is 2.14 bits per heavy atom. The molecule has 0 saturated carbocycles. The second-order valence-corrected chi connectivity index (χ2v) is 7.09. The Bertz CT molecular complexity index is 522. The van der Waals surface area contributed by atoms with E-state index in [1.807, 2.05) is 11.8 Å². The predicted octanol–water partition coefficient (Wildman–Crippen LogP) is 3.26. The van der Waals surface area contributed by atoms with Crippen molar-refractivity contribution in [2.75, 3.05) is 19.6 Å². The Hall–Kier alpha value is -0.330. The van der Waals surface area contributed by atoms with E-state index in [0.29, 0.717) is 20.8 Å². The number of nitrogens with one attached hydrogen (secondary N) is 1. The summed E-state index contributed by atoms with van der Waals surface area (Å²) in [4.78, 5) is 26.0. The molecule has 0 unspecified atom stereocenters. The van der Waals surface area contributed by atoms with E-state index < -0.39 is 0 Å². The lowest BCUT2D eigenvalue weighted by atomic mass is 10.1. The van der Waals surface area contributed by atoms with E-state index in [1.54, 1.807) is 6.07 Å². The number of halogens is 3. The summed E-state index contributed by atoms with van der Waals surface area (Å²) in [6.07, 6.45) is 0.384. The molecule has 8 heteroatoms. The molecule has 1 aliphatic heterocycles. The van der Waals surface area contributed by atoms with Gasteiger partial charge in [-0.15, -0.1) is 23.7 Å². The van der Waals surface area contributed by atoms with Crippen LogP contribution < -0.4 is 5.32 Å². The fraction of sp³-hybridized carbons (Fsp3) is 0.538. The summed E-state index contributed by atoms with van der Waals surface area (Å²) in [6.45, 7) is 4.29. The van der Waals surface area contributed by atoms with E-state index in [4.69, 9.17) is 23.2 Å². The standard InChI is InChI=1S/C13H16Cl2N2O2S.ClH/c1-8-7-16-4-5-17(8)12(19)3-2-10(18)9-6-11(14)20-13(9)15;/h6,8,16H,2-5,7H2,1H3;1H/t8-;/m1./s1. The van der Waals surface area contributed by atoms with Gasteiger partial charge in [-0.1, -0.05) is 23.2 Å². The van der Waals surface area contributed by atoms with Crippen LogP contribution in [0.2, 0.25) is 8.67 Å². The zero-order valence-electron chi connectivity index (χ0n) is 11.5. The fourth-order valence-corrected chi connectivity index (χ4v) is 3.74. The second-order valence-electron chi connectivity index (χ2n) is 4.80. The first-order chi connectivity index (χ1) is 9.49. The van der Waals surface area contributed by atoms with Crippen LogP contribution in [-0.4, -0.2) is 42.3 Å². The fourth-order valence-electron chi connectivity index (χ4n) is 2.24. The van der Waals surface area contributed by atoms with E-state index in [9.17, 15) is 9.59 Å². The number of rotatable bonds is 4. The Labute approximate surface area is 144 Å². The quantitative estimate of drug-likeness (QED) is 0.827. The predicted molar refractivity (Wildman–Crippen MR) is 89.2 cm³/mol. The highest BCUT2D eigenvalue weighted by molar-refractivity contribution is 7.20. The maximum absolute atomic E-state index is 12.1. The lowest BCUT2D eigenvalue weighted by Crippen LogP contribution is -2.52. The van der Waals surface area contributed by atoms with Gasteiger partial charge in [0.25, 0.3) is 0 Å². The van der Waals surface area contributed by atoms with Crippen LogP contribution in [0.1, 0.15) is 30.1 Å². The number of piperazine rings is 1. The monoisotopic (exact) mass is 370 g/mol. The summed E-state index contributed by atoms with van der Waals surface area (Å²) >= 11 is 12.9. The molecule has 0 spiro atoms. The van der Waals surface area contributed by atoms with Gasteiger partial charge in [-0.25, -0.2) is 0 Å². The minimum atomic E-state index is -0.130. The van der Waals surface area contributed by atoms with E-state index in [1.165, 1.54) is 11.3 Å². The first-order valence-electron chi connectivity index (χ1n) is 6.47. The van der Waals surface area contributed by atoms with Crippen LogP contribution in [-0.2, 0) is 4.79 Å². The number of ketones is 1. The van der Waals surface area contributed by atoms with Gasteiger partial charge in [0, 0.05) is 44.1 Å². The number of amides is 1. The number of carbonyl (C=O) groups is 2. The number of hydrogen-bond acceptors (Lipinski definition) is 4. The first-order valence-corrected chi connectivity index (χ1v) is 8.04. The maximum Gasteiger partial charge on any atom is 0.223 e. The van der Waals surface area contributed by atoms with Gasteiger partial charge in [-0.3, -0.25) is 9.59 Å². The molecule has 1 aromatic rings. The third-order valence-electron chi connectivity index (χ3n) is 3.34. The zero-order chi connectivity index (χ0) is 14.7. The molecule has 118 valence electrons. The van der Waals surface area contributed by atoms with Gasteiger partial charge in [0.05, 0.1) is 4.34 Å². The first kappa shape index (κ1) is 18.7. The summed E-state index contributed by atoms with van der Waals surface area (Å²) in [5, 5.41) is 3.23. The van der Waals surface area contributed by atoms with Crippen molar-refractivity contribution < 1.29 is 9.59 Å². The summed E-state index contributed by atoms with van der Waals surface area (Å²) < 4.78 is 0.878. The van der Waals surface area contributed by atoms with E-state index in [-0.39, 0.29) is 43.0 Å². The van der Waals surface area contributed by atoms with E-state index >= 15 is 0 Å². The van der Waals surface area contributed by atoms with Crippen molar-refractivity contribution in [3.05, 3.63) is 20.3 Å². The highest BCUT2D eigenvalue weighted by Crippen LogP contribution is 2.32. The Morgan fingerprint density at radius 3 is 2.71 bits per heavy atom. The highest BCUT2D eigenvalue weighted by atomic mass is 35.5. The van der Waals surface area contributed by atoms with Crippen molar-refractivity contribution in [2.45, 2.75) is 25.8 Å². The molecule has 1 amide bonds. The lowest BCUT2D eigenvalue weighted by molar-refractivity contribution is -0.133. The Balaban J connectivity index is 0.00000220. The molecule has 2 rings (SSSR count). The Morgan fingerprint density at radius 1 is 1.43 bits per heavy atom. The third-order valence-corrected chi connectivity index (χ3v) is 4.83. The van der Waals surface area contributed by atoms with Crippen molar-refractivity contribution >= 4 is 58.6 Å². The van der Waals surface area contributed by atoms with E-state index in [2.05, 4.69) is 5.32 Å². The number of Topliss-reactive ketones (excluding diaryl/α,β-unsaturated/α-hetero) is 1. The smallest absolute Gasteiger partial charge is 0.223 e. The summed E-state index contributed by atoms with van der Waals surface area (Å²) in [7, 11) is 0. The summed E-state index contributed by atoms with van der Waals surface area (Å²) in [6, 6.07) is 1.74. The van der Waals surface area contributed by atoms with Crippen LogP contribution in [0.25, 0.3) is 0 Å². The Kier molecular flexibility index (Phi) is 7.44. The number of carbonyl (C=O) groups excluding carboxylic acids is 2. The normalized spacial score (nSPS) is 18.2. The molecule has 1 fully saturated rings. The van der Waals surface area contributed by atoms with Crippen LogP contribution >= 0.6 is 46.9 Å². The minimum Gasteiger partial charge on any atom is -0.337 e. The van der Waals surface area contributed by atoms with Gasteiger partial charge in [0.15, 0.2) is 5.78 Å². The van der Waals surface area contributed by atoms with Crippen molar-refractivity contribution in [1.82, 2.24) is 10.2 Å². The van der Waals surface area contributed by atoms with Gasteiger partial charge in [-0.05, 0) is 13.0 Å². The SMILES string of the molecule is C[C@@H]1CNCCN1C(=O)CCC(=O)c1cc(Cl)sc1Cl.Cl. The minimum absolute atomic E-state index is 0. The highest BCUT2D eigenvalue weighted by Gasteiger charge is 2.24. The molecule has 0 bridgehead atoms. The topological polar surface area (TPSA) is 49.4 Å². The molecule has 2 heterocycles. The average molecular weight is 372 g/mol. The molecule has 1 atom stereocenters. The molecular weight excluding hydrogens is 355 g/mol. The van der Waals surface area contributed by atoms with Gasteiger partial charge in [0.2, 0.25) is 5.91 Å². The van der Waals surface area contributed by atoms with Crippen molar-refractivity contribution in [3.63, 3.8) is 0 Å². The lowest BCUT2D eigenvalue weighted by Gasteiger charge is -2.34. The molecule has 1 aromatic heterocycles. The zero-order valence-corrected chi connectivity index (χ0v) is 14.7. The van der Waals surface area contributed by atoms with Crippen LogP contribution in [0, 0.1) is 0 Å². The van der Waals surface area contributed by atoms with Crippen molar-refractivity contribution in [3.8, 4) is 0 Å². The summed E-state index contributed by atoms with van der Waals surface area (Å²) in [5.41, 5.74) is 0.419. The molecular formula is C13H17Cl3N2O2S. The molecule has 1 aliphatic rings.